The van der Waals surface area contributed by atoms with E-state index in [1.807, 2.05) is 19.1 Å². The molecule has 1 saturated heterocycles. The summed E-state index contributed by atoms with van der Waals surface area (Å²) in [5.74, 6) is 0.937. The van der Waals surface area contributed by atoms with Gasteiger partial charge in [0.05, 0.1) is 0 Å². The molecule has 1 fully saturated rings. The fourth-order valence-corrected chi connectivity index (χ4v) is 4.08. The molecule has 0 radical (unpaired) electrons. The number of hydrogen-bond acceptors (Lipinski definition) is 2. The Hall–Kier alpha value is -1.92. The van der Waals surface area contributed by atoms with Crippen LogP contribution in [0.2, 0.25) is 0 Å². The van der Waals surface area contributed by atoms with Crippen molar-refractivity contribution in [1.29, 1.82) is 0 Å². The molecule has 1 heterocycles. The molecule has 0 saturated carbocycles. The summed E-state index contributed by atoms with van der Waals surface area (Å²) in [6.45, 7) is 15.4. The largest absolute Gasteiger partial charge is 0.349 e. The minimum atomic E-state index is 0.0649. The van der Waals surface area contributed by atoms with E-state index in [2.05, 4.69) is 44.4 Å². The predicted molar refractivity (Wildman–Crippen MR) is 122 cm³/mol. The zero-order valence-corrected chi connectivity index (χ0v) is 19.6. The fourth-order valence-electron chi connectivity index (χ4n) is 4.08. The van der Waals surface area contributed by atoms with Crippen LogP contribution in [0.25, 0.3) is 0 Å². The molecule has 1 aliphatic heterocycles. The summed E-state index contributed by atoms with van der Waals surface area (Å²) in [4.78, 5) is 27.4. The van der Waals surface area contributed by atoms with Crippen LogP contribution < -0.4 is 20.4 Å². The number of carbonyl (C=O) groups excluding carboxylic acids is 2. The number of benzene rings is 1. The molecule has 168 valence electrons. The van der Waals surface area contributed by atoms with Crippen molar-refractivity contribution in [1.82, 2.24) is 5.32 Å². The first kappa shape index (κ1) is 24.4. The van der Waals surface area contributed by atoms with Gasteiger partial charge in [-0.15, -0.1) is 0 Å². The van der Waals surface area contributed by atoms with Crippen molar-refractivity contribution in [2.75, 3.05) is 44.6 Å². The van der Waals surface area contributed by atoms with Gasteiger partial charge in [-0.25, -0.2) is 0 Å². The third kappa shape index (κ3) is 8.44. The van der Waals surface area contributed by atoms with Crippen LogP contribution in [-0.4, -0.2) is 57.1 Å². The Balaban J connectivity index is 1.66. The average molecular weight is 419 g/mol. The lowest BCUT2D eigenvalue weighted by Gasteiger charge is -2.29. The minimum Gasteiger partial charge on any atom is -0.349 e. The number of amides is 2. The van der Waals surface area contributed by atoms with Gasteiger partial charge in [0.15, 0.2) is 13.1 Å². The summed E-state index contributed by atoms with van der Waals surface area (Å²) in [6, 6.07) is 6.24. The molecule has 0 aromatic heterocycles. The van der Waals surface area contributed by atoms with Crippen molar-refractivity contribution >= 4 is 17.5 Å². The van der Waals surface area contributed by atoms with Crippen LogP contribution >= 0.6 is 0 Å². The number of piperazine rings is 1. The van der Waals surface area contributed by atoms with E-state index in [-0.39, 0.29) is 17.9 Å². The Bertz CT molecular complexity index is 696. The molecule has 6 heteroatoms. The second-order valence-electron chi connectivity index (χ2n) is 9.44. The van der Waals surface area contributed by atoms with Crippen molar-refractivity contribution in [2.45, 2.75) is 59.9 Å². The molecule has 0 bridgehead atoms. The van der Waals surface area contributed by atoms with Crippen LogP contribution in [-0.2, 0) is 9.59 Å². The number of rotatable bonds is 10. The summed E-state index contributed by atoms with van der Waals surface area (Å²) in [6.07, 6.45) is 3.43. The van der Waals surface area contributed by atoms with Crippen molar-refractivity contribution in [3.63, 3.8) is 0 Å². The Morgan fingerprint density at radius 1 is 0.933 bits per heavy atom. The van der Waals surface area contributed by atoms with E-state index < -0.39 is 0 Å². The van der Waals surface area contributed by atoms with Crippen molar-refractivity contribution in [3.8, 4) is 0 Å². The van der Waals surface area contributed by atoms with Gasteiger partial charge in [-0.1, -0.05) is 38.8 Å². The zero-order valence-electron chi connectivity index (χ0n) is 19.6. The van der Waals surface area contributed by atoms with Gasteiger partial charge in [0.1, 0.15) is 26.2 Å². The standard InChI is InChI=1S/C24H40N4O2/c1-18(2)8-6-10-20(4)25-23(29)16-27-12-14-28(15-13-27)17-24(30)26-22-11-7-9-19(3)21(22)5/h7,9,11,18,20H,6,8,10,12-17H2,1-5H3,(H,25,29)(H,26,30)/p+2/t20-/m0/s1. The van der Waals surface area contributed by atoms with Gasteiger partial charge < -0.3 is 20.4 Å². The van der Waals surface area contributed by atoms with Crippen LogP contribution in [0.5, 0.6) is 0 Å². The number of nitrogens with one attached hydrogen (secondary N) is 4. The lowest BCUT2D eigenvalue weighted by molar-refractivity contribution is -1.00. The van der Waals surface area contributed by atoms with Crippen molar-refractivity contribution in [3.05, 3.63) is 29.3 Å². The molecular formula is C24H42N4O2+2. The molecule has 1 aromatic rings. The molecule has 2 amide bonds. The van der Waals surface area contributed by atoms with E-state index in [9.17, 15) is 9.59 Å². The zero-order chi connectivity index (χ0) is 22.1. The second kappa shape index (κ2) is 12.1. The van der Waals surface area contributed by atoms with E-state index >= 15 is 0 Å². The van der Waals surface area contributed by atoms with Gasteiger partial charge in [-0.05, 0) is 50.3 Å². The summed E-state index contributed by atoms with van der Waals surface area (Å²) in [5.41, 5.74) is 3.22. The molecule has 0 aliphatic carbocycles. The maximum atomic E-state index is 12.5. The number of quaternary nitrogens is 2. The summed E-state index contributed by atoms with van der Waals surface area (Å²) < 4.78 is 0. The highest BCUT2D eigenvalue weighted by Gasteiger charge is 2.26. The Kier molecular flexibility index (Phi) is 9.79. The summed E-state index contributed by atoms with van der Waals surface area (Å²) >= 11 is 0. The number of aryl methyl sites for hydroxylation is 1. The first-order chi connectivity index (χ1) is 14.2. The van der Waals surface area contributed by atoms with Gasteiger partial charge in [-0.2, -0.15) is 0 Å². The third-order valence-corrected chi connectivity index (χ3v) is 6.19. The number of hydrogen-bond donors (Lipinski definition) is 4. The first-order valence-electron chi connectivity index (χ1n) is 11.6. The van der Waals surface area contributed by atoms with E-state index in [1.54, 1.807) is 0 Å². The summed E-state index contributed by atoms with van der Waals surface area (Å²) in [5, 5.41) is 6.21. The van der Waals surface area contributed by atoms with E-state index in [0.717, 1.165) is 56.2 Å². The highest BCUT2D eigenvalue weighted by atomic mass is 16.2. The molecule has 2 rings (SSSR count). The molecule has 1 aliphatic rings. The number of carbonyl (C=O) groups is 2. The van der Waals surface area contributed by atoms with E-state index in [0.29, 0.717) is 13.1 Å². The molecule has 0 spiro atoms. The highest BCUT2D eigenvalue weighted by Crippen LogP contribution is 2.17. The van der Waals surface area contributed by atoms with Crippen molar-refractivity contribution in [2.24, 2.45) is 5.92 Å². The van der Waals surface area contributed by atoms with Gasteiger partial charge in [-0.3, -0.25) is 9.59 Å². The highest BCUT2D eigenvalue weighted by molar-refractivity contribution is 5.92. The van der Waals surface area contributed by atoms with Crippen LogP contribution in [0, 0.1) is 19.8 Å². The van der Waals surface area contributed by atoms with E-state index in [1.165, 1.54) is 21.8 Å². The minimum absolute atomic E-state index is 0.0649. The van der Waals surface area contributed by atoms with E-state index in [4.69, 9.17) is 0 Å². The average Bonchev–Trinajstić information content (AvgIpc) is 2.66. The second-order valence-corrected chi connectivity index (χ2v) is 9.44. The van der Waals surface area contributed by atoms with Crippen LogP contribution in [0.3, 0.4) is 0 Å². The lowest BCUT2D eigenvalue weighted by Crippen LogP contribution is -3.28. The van der Waals surface area contributed by atoms with Crippen molar-refractivity contribution < 1.29 is 19.4 Å². The maximum Gasteiger partial charge on any atom is 0.279 e. The quantitative estimate of drug-likeness (QED) is 0.443. The molecule has 4 N–H and O–H groups in total. The normalized spacial score (nSPS) is 20.1. The Morgan fingerprint density at radius 3 is 2.13 bits per heavy atom. The molecule has 1 aromatic carbocycles. The predicted octanol–water partition coefficient (Wildman–Crippen LogP) is 0.356. The van der Waals surface area contributed by atoms with Crippen LogP contribution in [0.1, 0.15) is 51.2 Å². The SMILES string of the molecule is Cc1cccc(NC(=O)C[NH+]2CC[NH+](CC(=O)N[C@@H](C)CCCC(C)C)CC2)c1C. The molecular weight excluding hydrogens is 376 g/mol. The Labute approximate surface area is 182 Å². The fraction of sp³-hybridized carbons (Fsp3) is 0.667. The molecule has 1 atom stereocenters. The van der Waals surface area contributed by atoms with Gasteiger partial charge in [0.2, 0.25) is 0 Å². The van der Waals surface area contributed by atoms with Gasteiger partial charge >= 0.3 is 0 Å². The lowest BCUT2D eigenvalue weighted by atomic mass is 10.0. The molecule has 30 heavy (non-hydrogen) atoms. The third-order valence-electron chi connectivity index (χ3n) is 6.19. The topological polar surface area (TPSA) is 67.1 Å². The number of anilines is 1. The van der Waals surface area contributed by atoms with Gasteiger partial charge in [0, 0.05) is 11.7 Å². The monoisotopic (exact) mass is 418 g/mol. The first-order valence-corrected chi connectivity index (χ1v) is 11.6. The van der Waals surface area contributed by atoms with Crippen LogP contribution in [0.15, 0.2) is 18.2 Å². The molecule has 0 unspecified atom stereocenters. The van der Waals surface area contributed by atoms with Crippen LogP contribution in [0.4, 0.5) is 5.69 Å². The smallest absolute Gasteiger partial charge is 0.279 e. The maximum absolute atomic E-state index is 12.5. The summed E-state index contributed by atoms with van der Waals surface area (Å²) in [7, 11) is 0. The Morgan fingerprint density at radius 2 is 1.53 bits per heavy atom. The molecule has 6 nitrogen and oxygen atoms in total. The van der Waals surface area contributed by atoms with Gasteiger partial charge in [0.25, 0.3) is 11.8 Å².